The molecule has 1 unspecified atom stereocenters. The van der Waals surface area contributed by atoms with Crippen LogP contribution in [0.25, 0.3) is 0 Å². The lowest BCUT2D eigenvalue weighted by atomic mass is 10.0. The monoisotopic (exact) mass is 490 g/mol. The first-order valence-corrected chi connectivity index (χ1v) is 10.3. The molecule has 0 aliphatic carbocycles. The molecule has 1 aromatic heterocycles. The van der Waals surface area contributed by atoms with Crippen molar-refractivity contribution in [2.24, 2.45) is 0 Å². The second kappa shape index (κ2) is 9.16. The summed E-state index contributed by atoms with van der Waals surface area (Å²) in [6.45, 7) is -1.05. The van der Waals surface area contributed by atoms with Gasteiger partial charge in [0, 0.05) is 12.6 Å². The molecule has 2 aromatic rings. The average molecular weight is 490 g/mol. The zero-order valence-corrected chi connectivity index (χ0v) is 17.8. The topological polar surface area (TPSA) is 135 Å². The van der Waals surface area contributed by atoms with E-state index in [9.17, 15) is 37.1 Å². The van der Waals surface area contributed by atoms with E-state index >= 15 is 0 Å². The number of hydrogen-bond donors (Lipinski definition) is 2. The molecule has 1 fully saturated rings. The molecule has 1 saturated heterocycles. The number of piperidine rings is 1. The minimum Gasteiger partial charge on any atom is -0.484 e. The highest BCUT2D eigenvalue weighted by atomic mass is 19.4. The molecule has 35 heavy (non-hydrogen) atoms. The molecule has 0 bridgehead atoms. The number of ether oxygens (including phenoxy) is 1. The number of pyridine rings is 1. The third kappa shape index (κ3) is 4.83. The molecule has 4 rings (SSSR count). The predicted molar refractivity (Wildman–Crippen MR) is 110 cm³/mol. The van der Waals surface area contributed by atoms with Crippen molar-refractivity contribution in [1.29, 1.82) is 0 Å². The van der Waals surface area contributed by atoms with E-state index in [2.05, 4.69) is 15.6 Å². The van der Waals surface area contributed by atoms with E-state index in [1.54, 1.807) is 0 Å². The molecule has 0 radical (unpaired) electrons. The molecular formula is C22H17F3N4O6. The summed E-state index contributed by atoms with van der Waals surface area (Å²) in [5.41, 5.74) is -1.33. The van der Waals surface area contributed by atoms with Gasteiger partial charge in [-0.3, -0.25) is 39.2 Å². The van der Waals surface area contributed by atoms with Gasteiger partial charge in [0.25, 0.3) is 17.7 Å². The Hall–Kier alpha value is -4.29. The molecule has 1 aromatic carbocycles. The smallest absolute Gasteiger partial charge is 0.418 e. The Labute approximate surface area is 195 Å². The number of fused-ring (bicyclic) bond motifs is 1. The SMILES string of the molecule is O=C(COc1ccc2c(c1)C(=O)N(C1CCC(=O)NC1=O)C2=O)NCc1ncccc1C(F)(F)F. The molecule has 1 atom stereocenters. The molecule has 10 nitrogen and oxygen atoms in total. The molecule has 5 amide bonds. The minimum absolute atomic E-state index is 0.00594. The van der Waals surface area contributed by atoms with Crippen LogP contribution in [-0.4, -0.2) is 52.1 Å². The molecule has 2 aliphatic rings. The Morgan fingerprint density at radius 3 is 2.60 bits per heavy atom. The number of aromatic nitrogens is 1. The average Bonchev–Trinajstić information content (AvgIpc) is 3.05. The van der Waals surface area contributed by atoms with Crippen molar-refractivity contribution in [1.82, 2.24) is 20.5 Å². The zero-order valence-electron chi connectivity index (χ0n) is 17.8. The van der Waals surface area contributed by atoms with E-state index in [4.69, 9.17) is 4.74 Å². The van der Waals surface area contributed by atoms with Gasteiger partial charge in [0.2, 0.25) is 11.8 Å². The second-order valence-electron chi connectivity index (χ2n) is 7.72. The number of nitrogens with zero attached hydrogens (tertiary/aromatic N) is 2. The van der Waals surface area contributed by atoms with Gasteiger partial charge < -0.3 is 10.1 Å². The van der Waals surface area contributed by atoms with Crippen molar-refractivity contribution in [2.45, 2.75) is 31.6 Å². The fourth-order valence-corrected chi connectivity index (χ4v) is 3.76. The number of alkyl halides is 3. The minimum atomic E-state index is -4.62. The maximum Gasteiger partial charge on any atom is 0.418 e. The van der Waals surface area contributed by atoms with Crippen LogP contribution < -0.4 is 15.4 Å². The van der Waals surface area contributed by atoms with Gasteiger partial charge in [-0.05, 0) is 36.8 Å². The number of hydrogen-bond acceptors (Lipinski definition) is 7. The summed E-state index contributed by atoms with van der Waals surface area (Å²) in [6.07, 6.45) is -3.46. The van der Waals surface area contributed by atoms with E-state index < -0.39 is 60.5 Å². The normalized spacial score (nSPS) is 17.8. The Morgan fingerprint density at radius 2 is 1.89 bits per heavy atom. The zero-order chi connectivity index (χ0) is 25.3. The van der Waals surface area contributed by atoms with Crippen LogP contribution in [0.1, 0.15) is 44.8 Å². The van der Waals surface area contributed by atoms with Crippen molar-refractivity contribution in [3.05, 3.63) is 58.9 Å². The predicted octanol–water partition coefficient (Wildman–Crippen LogP) is 1.20. The first kappa shape index (κ1) is 23.9. The fourth-order valence-electron chi connectivity index (χ4n) is 3.76. The number of carbonyl (C=O) groups is 5. The lowest BCUT2D eigenvalue weighted by Gasteiger charge is -2.27. The van der Waals surface area contributed by atoms with Gasteiger partial charge in [-0.1, -0.05) is 0 Å². The van der Waals surface area contributed by atoms with Gasteiger partial charge in [-0.2, -0.15) is 13.2 Å². The Kier molecular flexibility index (Phi) is 6.24. The lowest BCUT2D eigenvalue weighted by molar-refractivity contribution is -0.139. The van der Waals surface area contributed by atoms with Crippen LogP contribution in [0.4, 0.5) is 13.2 Å². The molecule has 13 heteroatoms. The van der Waals surface area contributed by atoms with Gasteiger partial charge in [-0.25, -0.2) is 0 Å². The standard InChI is InChI=1S/C22H17F3N4O6/c23-22(24,25)14-2-1-7-26-15(14)9-27-18(31)10-35-11-3-4-12-13(8-11)21(34)29(20(12)33)16-5-6-17(30)28-19(16)32/h1-4,7-8,16H,5-6,9-10H2,(H,27,31)(H,28,30,32). The van der Waals surface area contributed by atoms with E-state index in [-0.39, 0.29) is 35.4 Å². The molecule has 0 spiro atoms. The van der Waals surface area contributed by atoms with Crippen LogP contribution in [0.2, 0.25) is 0 Å². The molecular weight excluding hydrogens is 473 g/mol. The number of amides is 5. The second-order valence-corrected chi connectivity index (χ2v) is 7.72. The number of nitrogens with one attached hydrogen (secondary N) is 2. The van der Waals surface area contributed by atoms with Crippen molar-refractivity contribution < 1.29 is 41.9 Å². The maximum absolute atomic E-state index is 13.0. The van der Waals surface area contributed by atoms with Crippen LogP contribution in [-0.2, 0) is 27.1 Å². The number of imide groups is 2. The third-order valence-corrected chi connectivity index (χ3v) is 5.43. The summed E-state index contributed by atoms with van der Waals surface area (Å²) in [6, 6.07) is 4.74. The maximum atomic E-state index is 13.0. The van der Waals surface area contributed by atoms with Crippen molar-refractivity contribution >= 4 is 29.5 Å². The first-order chi connectivity index (χ1) is 16.6. The molecule has 2 N–H and O–H groups in total. The highest BCUT2D eigenvalue weighted by Crippen LogP contribution is 2.31. The highest BCUT2D eigenvalue weighted by molar-refractivity contribution is 6.23. The van der Waals surface area contributed by atoms with Crippen LogP contribution >= 0.6 is 0 Å². The Balaban J connectivity index is 1.38. The third-order valence-electron chi connectivity index (χ3n) is 5.43. The summed E-state index contributed by atoms with van der Waals surface area (Å²) in [4.78, 5) is 65.4. The fraction of sp³-hybridized carbons (Fsp3) is 0.273. The number of carbonyl (C=O) groups excluding carboxylic acids is 5. The van der Waals surface area contributed by atoms with E-state index in [1.165, 1.54) is 24.4 Å². The Bertz CT molecular complexity index is 1250. The van der Waals surface area contributed by atoms with Crippen molar-refractivity contribution in [2.75, 3.05) is 6.61 Å². The number of halogens is 3. The highest BCUT2D eigenvalue weighted by Gasteiger charge is 2.44. The van der Waals surface area contributed by atoms with E-state index in [1.807, 2.05) is 0 Å². The van der Waals surface area contributed by atoms with Crippen LogP contribution in [0.15, 0.2) is 36.5 Å². The molecule has 3 heterocycles. The summed E-state index contributed by atoms with van der Waals surface area (Å²) in [5, 5.41) is 4.37. The van der Waals surface area contributed by atoms with Crippen LogP contribution in [0.5, 0.6) is 5.75 Å². The number of rotatable bonds is 6. The van der Waals surface area contributed by atoms with E-state index in [0.717, 1.165) is 17.0 Å². The summed E-state index contributed by atoms with van der Waals surface area (Å²) >= 11 is 0. The largest absolute Gasteiger partial charge is 0.484 e. The van der Waals surface area contributed by atoms with Gasteiger partial charge in [-0.15, -0.1) is 0 Å². The van der Waals surface area contributed by atoms with Gasteiger partial charge >= 0.3 is 6.18 Å². The molecule has 182 valence electrons. The lowest BCUT2D eigenvalue weighted by Crippen LogP contribution is -2.54. The van der Waals surface area contributed by atoms with Crippen LogP contribution in [0, 0.1) is 0 Å². The Morgan fingerprint density at radius 1 is 1.14 bits per heavy atom. The quantitative estimate of drug-likeness (QED) is 0.581. The number of benzene rings is 1. The summed E-state index contributed by atoms with van der Waals surface area (Å²) < 4.78 is 44.4. The summed E-state index contributed by atoms with van der Waals surface area (Å²) in [5.74, 6) is -3.36. The van der Waals surface area contributed by atoms with Crippen molar-refractivity contribution in [3.8, 4) is 5.75 Å². The van der Waals surface area contributed by atoms with Gasteiger partial charge in [0.05, 0.1) is 28.9 Å². The van der Waals surface area contributed by atoms with Crippen molar-refractivity contribution in [3.63, 3.8) is 0 Å². The summed E-state index contributed by atoms with van der Waals surface area (Å²) in [7, 11) is 0. The molecule has 0 saturated carbocycles. The molecule has 2 aliphatic heterocycles. The van der Waals surface area contributed by atoms with E-state index in [0.29, 0.717) is 0 Å². The first-order valence-electron chi connectivity index (χ1n) is 10.3. The van der Waals surface area contributed by atoms with Gasteiger partial charge in [0.15, 0.2) is 6.61 Å². The van der Waals surface area contributed by atoms with Crippen LogP contribution in [0.3, 0.4) is 0 Å². The van der Waals surface area contributed by atoms with Gasteiger partial charge in [0.1, 0.15) is 11.8 Å².